The average molecular weight is 490 g/mol. The molecule has 0 atom stereocenters. The SMILES string of the molecule is O=C(O)c1ccc2c(c1)nc(-c1ccc(Oc3cccc(-c4cccnc4)c3)cc1)n2C1CCCCC1. The van der Waals surface area contributed by atoms with Crippen LogP contribution in [0.1, 0.15) is 48.5 Å². The molecule has 0 aliphatic heterocycles. The third kappa shape index (κ3) is 4.70. The lowest BCUT2D eigenvalue weighted by molar-refractivity contribution is 0.0697. The molecule has 0 bridgehead atoms. The van der Waals surface area contributed by atoms with E-state index in [9.17, 15) is 9.90 Å². The van der Waals surface area contributed by atoms with Gasteiger partial charge in [0.25, 0.3) is 0 Å². The van der Waals surface area contributed by atoms with Gasteiger partial charge >= 0.3 is 5.97 Å². The van der Waals surface area contributed by atoms with E-state index in [0.717, 1.165) is 52.4 Å². The summed E-state index contributed by atoms with van der Waals surface area (Å²) in [7, 11) is 0. The van der Waals surface area contributed by atoms with E-state index in [1.165, 1.54) is 19.3 Å². The second-order valence-corrected chi connectivity index (χ2v) is 9.50. The lowest BCUT2D eigenvalue weighted by atomic mass is 9.95. The number of pyridine rings is 1. The summed E-state index contributed by atoms with van der Waals surface area (Å²) >= 11 is 0. The van der Waals surface area contributed by atoms with Gasteiger partial charge in [-0.2, -0.15) is 0 Å². The molecule has 5 aromatic rings. The van der Waals surface area contributed by atoms with Gasteiger partial charge in [0.15, 0.2) is 0 Å². The number of aromatic carboxylic acids is 1. The second-order valence-electron chi connectivity index (χ2n) is 9.50. The molecule has 1 fully saturated rings. The molecule has 6 nitrogen and oxygen atoms in total. The molecular formula is C31H27N3O3. The Balaban J connectivity index is 1.32. The zero-order valence-electron chi connectivity index (χ0n) is 20.4. The van der Waals surface area contributed by atoms with Gasteiger partial charge in [-0.15, -0.1) is 0 Å². The van der Waals surface area contributed by atoms with Gasteiger partial charge in [0.1, 0.15) is 17.3 Å². The Morgan fingerprint density at radius 2 is 1.65 bits per heavy atom. The minimum Gasteiger partial charge on any atom is -0.478 e. The van der Waals surface area contributed by atoms with Gasteiger partial charge in [0, 0.05) is 29.6 Å². The number of fused-ring (bicyclic) bond motifs is 1. The summed E-state index contributed by atoms with van der Waals surface area (Å²) in [6, 6.07) is 25.5. The number of rotatable bonds is 6. The van der Waals surface area contributed by atoms with Gasteiger partial charge in [-0.3, -0.25) is 4.98 Å². The molecule has 0 radical (unpaired) electrons. The first-order valence-corrected chi connectivity index (χ1v) is 12.7. The number of carbonyl (C=O) groups is 1. The van der Waals surface area contributed by atoms with Crippen molar-refractivity contribution in [2.24, 2.45) is 0 Å². The molecular weight excluding hydrogens is 462 g/mol. The summed E-state index contributed by atoms with van der Waals surface area (Å²) < 4.78 is 8.48. The van der Waals surface area contributed by atoms with Crippen LogP contribution in [0.25, 0.3) is 33.5 Å². The number of hydrogen-bond donors (Lipinski definition) is 1. The van der Waals surface area contributed by atoms with Crippen LogP contribution in [0.3, 0.4) is 0 Å². The Labute approximate surface area is 215 Å². The lowest BCUT2D eigenvalue weighted by Crippen LogP contribution is -2.14. The highest BCUT2D eigenvalue weighted by molar-refractivity contribution is 5.93. The molecule has 2 heterocycles. The first kappa shape index (κ1) is 23.0. The number of carboxylic acids is 1. The van der Waals surface area contributed by atoms with Crippen LogP contribution in [-0.2, 0) is 0 Å². The van der Waals surface area contributed by atoms with E-state index in [1.54, 1.807) is 18.3 Å². The minimum absolute atomic E-state index is 0.254. The number of nitrogens with zero attached hydrogens (tertiary/aromatic N) is 3. The van der Waals surface area contributed by atoms with Crippen molar-refractivity contribution in [1.82, 2.24) is 14.5 Å². The number of hydrogen-bond acceptors (Lipinski definition) is 4. The maximum Gasteiger partial charge on any atom is 0.335 e. The predicted molar refractivity (Wildman–Crippen MR) is 144 cm³/mol. The fourth-order valence-corrected chi connectivity index (χ4v) is 5.23. The summed E-state index contributed by atoms with van der Waals surface area (Å²) in [6.45, 7) is 0. The predicted octanol–water partition coefficient (Wildman–Crippen LogP) is 7.76. The van der Waals surface area contributed by atoms with E-state index in [4.69, 9.17) is 9.72 Å². The monoisotopic (exact) mass is 489 g/mol. The van der Waals surface area contributed by atoms with Crippen molar-refractivity contribution < 1.29 is 14.6 Å². The van der Waals surface area contributed by atoms with Crippen molar-refractivity contribution in [1.29, 1.82) is 0 Å². The molecule has 0 unspecified atom stereocenters. The lowest BCUT2D eigenvalue weighted by Gasteiger charge is -2.25. The zero-order valence-corrected chi connectivity index (χ0v) is 20.4. The third-order valence-electron chi connectivity index (χ3n) is 7.05. The quantitative estimate of drug-likeness (QED) is 0.264. The van der Waals surface area contributed by atoms with Gasteiger partial charge in [-0.1, -0.05) is 37.5 Å². The number of imidazole rings is 1. The van der Waals surface area contributed by atoms with Crippen molar-refractivity contribution in [2.45, 2.75) is 38.1 Å². The Morgan fingerprint density at radius 1 is 0.838 bits per heavy atom. The largest absolute Gasteiger partial charge is 0.478 e. The van der Waals surface area contributed by atoms with Crippen LogP contribution in [0.5, 0.6) is 11.5 Å². The zero-order chi connectivity index (χ0) is 25.2. The van der Waals surface area contributed by atoms with Crippen molar-refractivity contribution >= 4 is 17.0 Å². The Hall–Kier alpha value is -4.45. The van der Waals surface area contributed by atoms with E-state index >= 15 is 0 Å². The van der Waals surface area contributed by atoms with Crippen molar-refractivity contribution in [3.05, 3.63) is 96.8 Å². The first-order valence-electron chi connectivity index (χ1n) is 12.7. The fourth-order valence-electron chi connectivity index (χ4n) is 5.23. The van der Waals surface area contributed by atoms with Crippen LogP contribution in [-0.4, -0.2) is 25.6 Å². The molecule has 1 N–H and O–H groups in total. The van der Waals surface area contributed by atoms with E-state index < -0.39 is 5.97 Å². The van der Waals surface area contributed by atoms with Gasteiger partial charge in [0.2, 0.25) is 0 Å². The summed E-state index contributed by atoms with van der Waals surface area (Å²) in [5, 5.41) is 9.47. The van der Waals surface area contributed by atoms with Crippen molar-refractivity contribution in [2.75, 3.05) is 0 Å². The second kappa shape index (κ2) is 9.90. The van der Waals surface area contributed by atoms with Crippen LogP contribution in [0.15, 0.2) is 91.3 Å². The molecule has 2 aromatic heterocycles. The smallest absolute Gasteiger partial charge is 0.335 e. The molecule has 184 valence electrons. The number of benzene rings is 3. The van der Waals surface area contributed by atoms with Gasteiger partial charge in [0.05, 0.1) is 16.6 Å². The van der Waals surface area contributed by atoms with Gasteiger partial charge < -0.3 is 14.4 Å². The molecule has 3 aromatic carbocycles. The highest BCUT2D eigenvalue weighted by atomic mass is 16.5. The van der Waals surface area contributed by atoms with E-state index in [1.807, 2.05) is 72.9 Å². The summed E-state index contributed by atoms with van der Waals surface area (Å²) in [5.41, 5.74) is 5.02. The molecule has 0 spiro atoms. The van der Waals surface area contributed by atoms with Crippen LogP contribution in [0.2, 0.25) is 0 Å². The average Bonchev–Trinajstić information content (AvgIpc) is 3.33. The molecule has 37 heavy (non-hydrogen) atoms. The summed E-state index contributed by atoms with van der Waals surface area (Å²) in [6.07, 6.45) is 9.46. The minimum atomic E-state index is -0.940. The van der Waals surface area contributed by atoms with E-state index in [2.05, 4.69) is 9.55 Å². The molecule has 6 rings (SSSR count). The number of carboxylic acid groups (broad SMARTS) is 1. The highest BCUT2D eigenvalue weighted by Gasteiger charge is 2.23. The molecule has 1 saturated carbocycles. The number of ether oxygens (including phenoxy) is 1. The van der Waals surface area contributed by atoms with E-state index in [-0.39, 0.29) is 5.56 Å². The summed E-state index contributed by atoms with van der Waals surface area (Å²) in [4.78, 5) is 20.7. The highest BCUT2D eigenvalue weighted by Crippen LogP contribution is 2.37. The molecule has 6 heteroatoms. The molecule has 0 amide bonds. The third-order valence-corrected chi connectivity index (χ3v) is 7.05. The molecule has 1 aliphatic rings. The van der Waals surface area contributed by atoms with Crippen LogP contribution < -0.4 is 4.74 Å². The Morgan fingerprint density at radius 3 is 2.41 bits per heavy atom. The maximum absolute atomic E-state index is 11.5. The molecule has 0 saturated heterocycles. The standard InChI is InChI=1S/C31H27N3O3/c35-31(36)23-13-16-29-28(19-23)33-30(34(29)25-8-2-1-3-9-25)21-11-14-26(15-12-21)37-27-10-4-6-22(18-27)24-7-5-17-32-20-24/h4-7,10-20,25H,1-3,8-9H2,(H,35,36). The number of aromatic nitrogens is 3. The first-order chi connectivity index (χ1) is 18.2. The summed E-state index contributed by atoms with van der Waals surface area (Å²) in [5.74, 6) is 1.42. The Bertz CT molecular complexity index is 1550. The maximum atomic E-state index is 11.5. The van der Waals surface area contributed by atoms with Gasteiger partial charge in [-0.25, -0.2) is 9.78 Å². The Kier molecular flexibility index (Phi) is 6.15. The van der Waals surface area contributed by atoms with E-state index in [0.29, 0.717) is 11.6 Å². The molecule has 1 aliphatic carbocycles. The van der Waals surface area contributed by atoms with Crippen molar-refractivity contribution in [3.63, 3.8) is 0 Å². The fraction of sp³-hybridized carbons (Fsp3) is 0.194. The van der Waals surface area contributed by atoms with Crippen molar-refractivity contribution in [3.8, 4) is 34.0 Å². The van der Waals surface area contributed by atoms with Crippen LogP contribution >= 0.6 is 0 Å². The topological polar surface area (TPSA) is 77.2 Å². The normalized spacial score (nSPS) is 14.1. The van der Waals surface area contributed by atoms with Gasteiger partial charge in [-0.05, 0) is 79.1 Å². The van der Waals surface area contributed by atoms with Crippen LogP contribution in [0, 0.1) is 0 Å². The van der Waals surface area contributed by atoms with Crippen LogP contribution in [0.4, 0.5) is 0 Å².